The van der Waals surface area contributed by atoms with E-state index < -0.39 is 4.92 Å². The molecule has 1 amide bonds. The van der Waals surface area contributed by atoms with Gasteiger partial charge in [-0.15, -0.1) is 0 Å². The fraction of sp³-hybridized carbons (Fsp3) is 0.533. The molecule has 114 valence electrons. The Labute approximate surface area is 129 Å². The van der Waals surface area contributed by atoms with Crippen LogP contribution in [0.3, 0.4) is 0 Å². The van der Waals surface area contributed by atoms with E-state index in [0.717, 1.165) is 12.8 Å². The minimum atomic E-state index is -0.587. The van der Waals surface area contributed by atoms with Crippen molar-refractivity contribution in [3.63, 3.8) is 0 Å². The van der Waals surface area contributed by atoms with Crippen LogP contribution in [0.15, 0.2) is 18.2 Å². The third kappa shape index (κ3) is 3.35. The van der Waals surface area contributed by atoms with Gasteiger partial charge < -0.3 is 4.90 Å². The second-order valence-electron chi connectivity index (χ2n) is 5.77. The number of likely N-dealkylation sites (tertiary alicyclic amines) is 1. The molecule has 0 saturated carbocycles. The first-order valence-corrected chi connectivity index (χ1v) is 7.51. The van der Waals surface area contributed by atoms with Gasteiger partial charge in [-0.1, -0.05) is 31.5 Å². The zero-order chi connectivity index (χ0) is 15.6. The largest absolute Gasteiger partial charge is 0.338 e. The Hall–Kier alpha value is -1.62. The van der Waals surface area contributed by atoms with Gasteiger partial charge in [-0.25, -0.2) is 0 Å². The average Bonchev–Trinajstić information content (AvgIpc) is 2.46. The molecule has 21 heavy (non-hydrogen) atoms. The maximum Gasteiger partial charge on any atom is 0.300 e. The predicted octanol–water partition coefficient (Wildman–Crippen LogP) is 3.76. The first-order chi connectivity index (χ1) is 9.91. The fourth-order valence-corrected chi connectivity index (χ4v) is 3.06. The molecule has 1 aliphatic heterocycles. The molecule has 0 atom stereocenters. The van der Waals surface area contributed by atoms with E-state index in [-0.39, 0.29) is 22.2 Å². The minimum Gasteiger partial charge on any atom is -0.338 e. The number of rotatable bonds is 3. The molecule has 5 nitrogen and oxygen atoms in total. The molecule has 0 bridgehead atoms. The van der Waals surface area contributed by atoms with Crippen molar-refractivity contribution in [2.75, 3.05) is 13.1 Å². The van der Waals surface area contributed by atoms with Crippen LogP contribution < -0.4 is 0 Å². The summed E-state index contributed by atoms with van der Waals surface area (Å²) in [5, 5.41) is 11.1. The van der Waals surface area contributed by atoms with E-state index in [0.29, 0.717) is 24.9 Å². The van der Waals surface area contributed by atoms with Gasteiger partial charge in [0.05, 0.1) is 4.92 Å². The molecular weight excluding hydrogens is 292 g/mol. The summed E-state index contributed by atoms with van der Waals surface area (Å²) < 4.78 is 0. The highest BCUT2D eigenvalue weighted by Crippen LogP contribution is 2.31. The lowest BCUT2D eigenvalue weighted by Crippen LogP contribution is -2.39. The van der Waals surface area contributed by atoms with E-state index in [1.165, 1.54) is 12.1 Å². The monoisotopic (exact) mass is 310 g/mol. The summed E-state index contributed by atoms with van der Waals surface area (Å²) in [5.74, 6) is 0.914. The number of nitrogens with zero attached hydrogens (tertiary/aromatic N) is 2. The van der Waals surface area contributed by atoms with Crippen molar-refractivity contribution in [2.45, 2.75) is 26.7 Å². The number of carbonyl (C=O) groups is 1. The smallest absolute Gasteiger partial charge is 0.300 e. The molecule has 6 heteroatoms. The SMILES string of the molecule is CC(C)C1CCN(C(=O)c2cccc(Cl)c2[N+](=O)[O-])CC1. The third-order valence-electron chi connectivity index (χ3n) is 4.17. The van der Waals surface area contributed by atoms with Crippen molar-refractivity contribution < 1.29 is 9.72 Å². The molecule has 1 aliphatic rings. The van der Waals surface area contributed by atoms with E-state index >= 15 is 0 Å². The van der Waals surface area contributed by atoms with Gasteiger partial charge in [0.25, 0.3) is 5.91 Å². The maximum absolute atomic E-state index is 12.5. The number of nitro benzene ring substituents is 1. The molecule has 0 radical (unpaired) electrons. The lowest BCUT2D eigenvalue weighted by molar-refractivity contribution is -0.385. The lowest BCUT2D eigenvalue weighted by atomic mass is 9.86. The van der Waals surface area contributed by atoms with E-state index in [9.17, 15) is 14.9 Å². The Balaban J connectivity index is 2.19. The molecule has 1 saturated heterocycles. The first kappa shape index (κ1) is 15.8. The number of piperidine rings is 1. The second kappa shape index (κ2) is 6.43. The summed E-state index contributed by atoms with van der Waals surface area (Å²) >= 11 is 5.86. The van der Waals surface area contributed by atoms with E-state index in [2.05, 4.69) is 13.8 Å². The molecule has 0 aliphatic carbocycles. The van der Waals surface area contributed by atoms with E-state index in [1.54, 1.807) is 11.0 Å². The molecule has 1 fully saturated rings. The number of halogens is 1. The van der Waals surface area contributed by atoms with Crippen LogP contribution >= 0.6 is 11.6 Å². The molecule has 2 rings (SSSR count). The Bertz CT molecular complexity index is 552. The Morgan fingerprint density at radius 3 is 2.52 bits per heavy atom. The van der Waals surface area contributed by atoms with Crippen LogP contribution in [0.5, 0.6) is 0 Å². The average molecular weight is 311 g/mol. The number of amides is 1. The highest BCUT2D eigenvalue weighted by Gasteiger charge is 2.30. The highest BCUT2D eigenvalue weighted by molar-refractivity contribution is 6.33. The van der Waals surface area contributed by atoms with Crippen LogP contribution in [0, 0.1) is 22.0 Å². The highest BCUT2D eigenvalue weighted by atomic mass is 35.5. The Morgan fingerprint density at radius 2 is 2.00 bits per heavy atom. The van der Waals surface area contributed by atoms with Crippen LogP contribution in [0.4, 0.5) is 5.69 Å². The standard InChI is InChI=1S/C15H19ClN2O3/c1-10(2)11-6-8-17(9-7-11)15(19)12-4-3-5-13(16)14(12)18(20)21/h3-5,10-11H,6-9H2,1-2H3. The third-order valence-corrected chi connectivity index (χ3v) is 4.47. The Morgan fingerprint density at radius 1 is 1.38 bits per heavy atom. The number of hydrogen-bond donors (Lipinski definition) is 0. The molecule has 0 unspecified atom stereocenters. The number of nitro groups is 1. The summed E-state index contributed by atoms with van der Waals surface area (Å²) in [6.07, 6.45) is 1.88. The van der Waals surface area contributed by atoms with E-state index in [4.69, 9.17) is 11.6 Å². The first-order valence-electron chi connectivity index (χ1n) is 7.14. The van der Waals surface area contributed by atoms with Crippen molar-refractivity contribution in [1.82, 2.24) is 4.90 Å². The van der Waals surface area contributed by atoms with Gasteiger partial charge in [-0.05, 0) is 36.8 Å². The predicted molar refractivity (Wildman–Crippen MR) is 81.6 cm³/mol. The molecule has 1 heterocycles. The van der Waals surface area contributed by atoms with Gasteiger partial charge >= 0.3 is 5.69 Å². The van der Waals surface area contributed by atoms with Gasteiger partial charge in [0.2, 0.25) is 0 Å². The van der Waals surface area contributed by atoms with Crippen LogP contribution in [-0.4, -0.2) is 28.8 Å². The summed E-state index contributed by atoms with van der Waals surface area (Å²) in [5.41, 5.74) is -0.217. The van der Waals surface area contributed by atoms with Crippen molar-refractivity contribution in [2.24, 2.45) is 11.8 Å². The molecule has 1 aromatic carbocycles. The minimum absolute atomic E-state index is 0.00270. The number of para-hydroxylation sites is 1. The summed E-state index contributed by atoms with van der Waals surface area (Å²) in [6.45, 7) is 5.66. The van der Waals surface area contributed by atoms with Gasteiger partial charge in [-0.2, -0.15) is 0 Å². The molecule has 0 aromatic heterocycles. The van der Waals surface area contributed by atoms with Crippen molar-refractivity contribution in [3.8, 4) is 0 Å². The van der Waals surface area contributed by atoms with Crippen molar-refractivity contribution in [1.29, 1.82) is 0 Å². The Kier molecular flexibility index (Phi) is 4.83. The number of carbonyl (C=O) groups excluding carboxylic acids is 1. The summed E-state index contributed by atoms with van der Waals surface area (Å²) in [4.78, 5) is 24.7. The lowest BCUT2D eigenvalue weighted by Gasteiger charge is -2.33. The fourth-order valence-electron chi connectivity index (χ4n) is 2.81. The van der Waals surface area contributed by atoms with Crippen LogP contribution in [0.25, 0.3) is 0 Å². The van der Waals surface area contributed by atoms with Crippen LogP contribution in [0.1, 0.15) is 37.0 Å². The number of hydrogen-bond acceptors (Lipinski definition) is 3. The topological polar surface area (TPSA) is 63.5 Å². The van der Waals surface area contributed by atoms with Gasteiger partial charge in [-0.3, -0.25) is 14.9 Å². The molecule has 0 spiro atoms. The van der Waals surface area contributed by atoms with Crippen molar-refractivity contribution in [3.05, 3.63) is 38.9 Å². The van der Waals surface area contributed by atoms with E-state index in [1.807, 2.05) is 0 Å². The van der Waals surface area contributed by atoms with Gasteiger partial charge in [0, 0.05) is 13.1 Å². The summed E-state index contributed by atoms with van der Waals surface area (Å²) in [7, 11) is 0. The van der Waals surface area contributed by atoms with Gasteiger partial charge in [0.15, 0.2) is 0 Å². The quantitative estimate of drug-likeness (QED) is 0.631. The maximum atomic E-state index is 12.5. The van der Waals surface area contributed by atoms with Crippen LogP contribution in [-0.2, 0) is 0 Å². The zero-order valence-corrected chi connectivity index (χ0v) is 13.0. The van der Waals surface area contributed by atoms with Crippen LogP contribution in [0.2, 0.25) is 5.02 Å². The second-order valence-corrected chi connectivity index (χ2v) is 6.17. The van der Waals surface area contributed by atoms with Crippen molar-refractivity contribution >= 4 is 23.2 Å². The molecule has 0 N–H and O–H groups in total. The zero-order valence-electron chi connectivity index (χ0n) is 12.2. The molecule has 1 aromatic rings. The number of benzene rings is 1. The molecular formula is C15H19ClN2O3. The van der Waals surface area contributed by atoms with Gasteiger partial charge in [0.1, 0.15) is 10.6 Å². The summed E-state index contributed by atoms with van der Waals surface area (Å²) in [6, 6.07) is 4.48. The normalized spacial score (nSPS) is 16.3.